The minimum atomic E-state index is -0.476. The maximum Gasteiger partial charge on any atom is 0.174 e. The zero-order valence-electron chi connectivity index (χ0n) is 13.7. The highest BCUT2D eigenvalue weighted by atomic mass is 16.5. The van der Waals surface area contributed by atoms with E-state index in [9.17, 15) is 9.90 Å². The van der Waals surface area contributed by atoms with Crippen LogP contribution >= 0.6 is 0 Å². The van der Waals surface area contributed by atoms with Crippen LogP contribution in [0, 0.1) is 0 Å². The summed E-state index contributed by atoms with van der Waals surface area (Å²) in [4.78, 5) is 12.4. The number of ether oxygens (including phenoxy) is 4. The number of carbonyl (C=O) groups is 1. The number of ketones is 1. The molecule has 6 nitrogen and oxygen atoms in total. The fraction of sp³-hybridized carbons (Fsp3) is 0.278. The van der Waals surface area contributed by atoms with Crippen molar-refractivity contribution in [3.63, 3.8) is 0 Å². The highest BCUT2D eigenvalue weighted by Gasteiger charge is 2.31. The van der Waals surface area contributed by atoms with Crippen molar-refractivity contribution in [3.05, 3.63) is 41.5 Å². The number of rotatable bonds is 4. The predicted molar refractivity (Wildman–Crippen MR) is 86.5 cm³/mol. The van der Waals surface area contributed by atoms with Gasteiger partial charge in [-0.2, -0.15) is 0 Å². The van der Waals surface area contributed by atoms with Crippen molar-refractivity contribution >= 4 is 5.78 Å². The molecule has 0 aromatic heterocycles. The lowest BCUT2D eigenvalue weighted by Crippen LogP contribution is -2.20. The molecule has 0 amide bonds. The molecule has 0 spiro atoms. The summed E-state index contributed by atoms with van der Waals surface area (Å²) in [6.45, 7) is 0. The highest BCUT2D eigenvalue weighted by molar-refractivity contribution is 6.02. The highest BCUT2D eigenvalue weighted by Crippen LogP contribution is 2.42. The maximum absolute atomic E-state index is 12.4. The smallest absolute Gasteiger partial charge is 0.174 e. The summed E-state index contributed by atoms with van der Waals surface area (Å²) < 4.78 is 21.6. The standard InChI is InChI=1S/C18H18O6/c1-21-11-7-12(19)18-13(20)9-15(24-17(18)8-11)10-4-5-14(22-2)16(6-10)23-3/h4-8,15,19H,9H2,1-3H3/t15-/m1/s1. The third kappa shape index (κ3) is 2.71. The van der Waals surface area contributed by atoms with Gasteiger partial charge in [-0.25, -0.2) is 0 Å². The van der Waals surface area contributed by atoms with Gasteiger partial charge in [0.2, 0.25) is 0 Å². The number of benzene rings is 2. The average Bonchev–Trinajstić information content (AvgIpc) is 2.60. The molecule has 0 unspecified atom stereocenters. The van der Waals surface area contributed by atoms with Crippen molar-refractivity contribution in [3.8, 4) is 28.7 Å². The van der Waals surface area contributed by atoms with Gasteiger partial charge in [-0.05, 0) is 17.7 Å². The first-order chi connectivity index (χ1) is 11.6. The molecule has 1 aliphatic heterocycles. The van der Waals surface area contributed by atoms with Crippen LogP contribution in [-0.2, 0) is 0 Å². The first kappa shape index (κ1) is 16.0. The van der Waals surface area contributed by atoms with E-state index in [1.165, 1.54) is 13.2 Å². The van der Waals surface area contributed by atoms with Crippen molar-refractivity contribution in [1.82, 2.24) is 0 Å². The molecule has 0 saturated heterocycles. The van der Waals surface area contributed by atoms with E-state index in [2.05, 4.69) is 0 Å². The van der Waals surface area contributed by atoms with Crippen LogP contribution in [-0.4, -0.2) is 32.2 Å². The lowest BCUT2D eigenvalue weighted by atomic mass is 9.95. The molecule has 0 radical (unpaired) electrons. The number of hydrogen-bond acceptors (Lipinski definition) is 6. The van der Waals surface area contributed by atoms with Crippen molar-refractivity contribution in [2.45, 2.75) is 12.5 Å². The SMILES string of the molecule is COc1cc(O)c2c(c1)O[C@@H](c1ccc(OC)c(OC)c1)CC2=O. The zero-order chi connectivity index (χ0) is 17.3. The Balaban J connectivity index is 1.98. The van der Waals surface area contributed by atoms with Crippen LogP contribution < -0.4 is 18.9 Å². The Morgan fingerprint density at radius 1 is 1.04 bits per heavy atom. The van der Waals surface area contributed by atoms with Crippen molar-refractivity contribution < 1.29 is 28.8 Å². The Morgan fingerprint density at radius 3 is 2.46 bits per heavy atom. The van der Waals surface area contributed by atoms with Gasteiger partial charge in [0.05, 0.1) is 27.8 Å². The molecule has 3 rings (SSSR count). The Hall–Kier alpha value is -2.89. The molecule has 24 heavy (non-hydrogen) atoms. The summed E-state index contributed by atoms with van der Waals surface area (Å²) in [6, 6.07) is 8.36. The lowest BCUT2D eigenvalue weighted by Gasteiger charge is -2.26. The first-order valence-corrected chi connectivity index (χ1v) is 7.40. The van der Waals surface area contributed by atoms with Crippen LogP contribution in [0.3, 0.4) is 0 Å². The number of fused-ring (bicyclic) bond motifs is 1. The van der Waals surface area contributed by atoms with Gasteiger partial charge in [-0.3, -0.25) is 4.79 Å². The average molecular weight is 330 g/mol. The molecular weight excluding hydrogens is 312 g/mol. The molecule has 2 aromatic rings. The van der Waals surface area contributed by atoms with E-state index in [-0.39, 0.29) is 23.5 Å². The van der Waals surface area contributed by atoms with Crippen LogP contribution in [0.15, 0.2) is 30.3 Å². The van der Waals surface area contributed by atoms with E-state index in [0.29, 0.717) is 23.0 Å². The third-order valence-electron chi connectivity index (χ3n) is 3.99. The van der Waals surface area contributed by atoms with Crippen molar-refractivity contribution in [2.24, 2.45) is 0 Å². The van der Waals surface area contributed by atoms with E-state index in [0.717, 1.165) is 5.56 Å². The molecule has 1 heterocycles. The van der Waals surface area contributed by atoms with Crippen LogP contribution in [0.5, 0.6) is 28.7 Å². The second kappa shape index (κ2) is 6.31. The molecule has 0 bridgehead atoms. The van der Waals surface area contributed by atoms with Gasteiger partial charge in [0.1, 0.15) is 28.9 Å². The first-order valence-electron chi connectivity index (χ1n) is 7.40. The van der Waals surface area contributed by atoms with E-state index >= 15 is 0 Å². The molecule has 1 N–H and O–H groups in total. The molecular formula is C18H18O6. The number of phenolic OH excluding ortho intramolecular Hbond substituents is 1. The van der Waals surface area contributed by atoms with Gasteiger partial charge in [0.25, 0.3) is 0 Å². The Labute approximate surface area is 139 Å². The van der Waals surface area contributed by atoms with E-state index in [4.69, 9.17) is 18.9 Å². The summed E-state index contributed by atoms with van der Waals surface area (Å²) in [6.07, 6.45) is -0.348. The van der Waals surface area contributed by atoms with E-state index < -0.39 is 6.10 Å². The van der Waals surface area contributed by atoms with Crippen LogP contribution in [0.25, 0.3) is 0 Å². The topological polar surface area (TPSA) is 74.2 Å². The van der Waals surface area contributed by atoms with Gasteiger partial charge in [0, 0.05) is 12.1 Å². The fourth-order valence-corrected chi connectivity index (χ4v) is 2.77. The summed E-state index contributed by atoms with van der Waals surface area (Å²) in [7, 11) is 4.59. The van der Waals surface area contributed by atoms with E-state index in [1.807, 2.05) is 6.07 Å². The molecule has 1 aliphatic rings. The molecule has 2 aromatic carbocycles. The molecule has 1 atom stereocenters. The minimum absolute atomic E-state index is 0.127. The second-order valence-electron chi connectivity index (χ2n) is 5.37. The lowest BCUT2D eigenvalue weighted by molar-refractivity contribution is 0.0844. The van der Waals surface area contributed by atoms with Crippen LogP contribution in [0.1, 0.15) is 28.4 Å². The molecule has 0 saturated carbocycles. The fourth-order valence-electron chi connectivity index (χ4n) is 2.77. The maximum atomic E-state index is 12.4. The number of Topliss-reactive ketones (excluding diaryl/α,β-unsaturated/α-hetero) is 1. The molecule has 0 aliphatic carbocycles. The zero-order valence-corrected chi connectivity index (χ0v) is 13.7. The van der Waals surface area contributed by atoms with Gasteiger partial charge in [-0.1, -0.05) is 6.07 Å². The van der Waals surface area contributed by atoms with Crippen molar-refractivity contribution in [2.75, 3.05) is 21.3 Å². The monoisotopic (exact) mass is 330 g/mol. The number of methoxy groups -OCH3 is 3. The van der Waals surface area contributed by atoms with Crippen LogP contribution in [0.2, 0.25) is 0 Å². The number of phenols is 1. The van der Waals surface area contributed by atoms with Gasteiger partial charge < -0.3 is 24.1 Å². The summed E-state index contributed by atoms with van der Waals surface area (Å²) in [5.74, 6) is 1.57. The number of hydrogen-bond donors (Lipinski definition) is 1. The van der Waals surface area contributed by atoms with E-state index in [1.54, 1.807) is 32.4 Å². The normalized spacial score (nSPS) is 16.1. The molecule has 6 heteroatoms. The predicted octanol–water partition coefficient (Wildman–Crippen LogP) is 3.12. The minimum Gasteiger partial charge on any atom is -0.507 e. The van der Waals surface area contributed by atoms with Gasteiger partial charge in [0.15, 0.2) is 17.3 Å². The van der Waals surface area contributed by atoms with Gasteiger partial charge in [-0.15, -0.1) is 0 Å². The Bertz CT molecular complexity index is 783. The Kier molecular flexibility index (Phi) is 4.20. The van der Waals surface area contributed by atoms with Crippen LogP contribution in [0.4, 0.5) is 0 Å². The summed E-state index contributed by atoms with van der Waals surface area (Å²) >= 11 is 0. The second-order valence-corrected chi connectivity index (χ2v) is 5.37. The summed E-state index contributed by atoms with van der Waals surface area (Å²) in [5.41, 5.74) is 0.974. The quantitative estimate of drug-likeness (QED) is 0.928. The molecule has 0 fully saturated rings. The van der Waals surface area contributed by atoms with Crippen molar-refractivity contribution in [1.29, 1.82) is 0 Å². The Morgan fingerprint density at radius 2 is 1.79 bits per heavy atom. The third-order valence-corrected chi connectivity index (χ3v) is 3.99. The van der Waals surface area contributed by atoms with Gasteiger partial charge >= 0.3 is 0 Å². The largest absolute Gasteiger partial charge is 0.507 e. The number of carbonyl (C=O) groups excluding carboxylic acids is 1. The molecule has 126 valence electrons. The summed E-state index contributed by atoms with van der Waals surface area (Å²) in [5, 5.41) is 10.0. The number of aromatic hydroxyl groups is 1.